The molecule has 0 radical (unpaired) electrons. The normalized spacial score (nSPS) is 18.0. The molecule has 29 heavy (non-hydrogen) atoms. The second-order valence-electron chi connectivity index (χ2n) is 6.86. The van der Waals surface area contributed by atoms with Crippen molar-refractivity contribution in [2.75, 3.05) is 33.1 Å². The van der Waals surface area contributed by atoms with Crippen molar-refractivity contribution in [1.29, 1.82) is 0 Å². The lowest BCUT2D eigenvalue weighted by molar-refractivity contribution is -0.140. The van der Waals surface area contributed by atoms with Gasteiger partial charge < -0.3 is 23.8 Å². The van der Waals surface area contributed by atoms with E-state index < -0.39 is 11.2 Å². The highest BCUT2D eigenvalue weighted by Crippen LogP contribution is 2.35. The van der Waals surface area contributed by atoms with Crippen LogP contribution in [-0.4, -0.2) is 59.6 Å². The Morgan fingerprint density at radius 1 is 1.28 bits per heavy atom. The van der Waals surface area contributed by atoms with Gasteiger partial charge in [-0.3, -0.25) is 19.1 Å². The number of hydrogen-bond acceptors (Lipinski definition) is 7. The smallest absolute Gasteiger partial charge is 0.328 e. The summed E-state index contributed by atoms with van der Waals surface area (Å²) < 4.78 is 23.3. The highest BCUT2D eigenvalue weighted by atomic mass is 16.7. The van der Waals surface area contributed by atoms with Gasteiger partial charge in [-0.2, -0.15) is 0 Å². The van der Waals surface area contributed by atoms with Crippen LogP contribution in [0.5, 0.6) is 17.2 Å². The molecule has 1 fully saturated rings. The molecule has 2 aliphatic heterocycles. The Labute approximate surface area is 165 Å². The van der Waals surface area contributed by atoms with Crippen molar-refractivity contribution in [3.8, 4) is 17.2 Å². The highest BCUT2D eigenvalue weighted by Gasteiger charge is 2.25. The van der Waals surface area contributed by atoms with E-state index >= 15 is 0 Å². The Balaban J connectivity index is 1.34. The first-order chi connectivity index (χ1) is 14.0. The van der Waals surface area contributed by atoms with Crippen LogP contribution in [0, 0.1) is 6.92 Å². The van der Waals surface area contributed by atoms with Crippen LogP contribution in [0.3, 0.4) is 0 Å². The summed E-state index contributed by atoms with van der Waals surface area (Å²) in [4.78, 5) is 39.8. The predicted octanol–water partition coefficient (Wildman–Crippen LogP) is -0.120. The highest BCUT2D eigenvalue weighted by molar-refractivity contribution is 5.76. The summed E-state index contributed by atoms with van der Waals surface area (Å²) in [6, 6.07) is 5.31. The molecule has 0 aliphatic carbocycles. The lowest BCUT2D eigenvalue weighted by Crippen LogP contribution is -2.49. The second kappa shape index (κ2) is 8.00. The zero-order valence-electron chi connectivity index (χ0n) is 15.9. The maximum absolute atomic E-state index is 12.6. The number of carbonyl (C=O) groups is 1. The monoisotopic (exact) mass is 403 g/mol. The van der Waals surface area contributed by atoms with Crippen molar-refractivity contribution in [1.82, 2.24) is 14.5 Å². The Hall–Kier alpha value is -3.27. The lowest BCUT2D eigenvalue weighted by Gasteiger charge is -2.33. The first kappa shape index (κ1) is 19.1. The molecule has 0 saturated carbocycles. The van der Waals surface area contributed by atoms with Crippen molar-refractivity contribution in [3.63, 3.8) is 0 Å². The first-order valence-electron chi connectivity index (χ1n) is 9.22. The number of aromatic amines is 1. The van der Waals surface area contributed by atoms with Gasteiger partial charge >= 0.3 is 5.69 Å². The van der Waals surface area contributed by atoms with E-state index in [2.05, 4.69) is 4.98 Å². The van der Waals surface area contributed by atoms with Gasteiger partial charge in [0.15, 0.2) is 11.5 Å². The van der Waals surface area contributed by atoms with Gasteiger partial charge in [-0.1, -0.05) is 0 Å². The minimum Gasteiger partial charge on any atom is -0.491 e. The molecular formula is C19H21N3O7. The first-order valence-corrected chi connectivity index (χ1v) is 9.22. The molecule has 1 unspecified atom stereocenters. The quantitative estimate of drug-likeness (QED) is 0.741. The number of carbonyl (C=O) groups excluding carboxylic acids is 1. The molecule has 1 aromatic heterocycles. The van der Waals surface area contributed by atoms with Crippen LogP contribution in [0.2, 0.25) is 0 Å². The standard InChI is InChI=1S/C19H21N3O7/c1-12-7-22(19(25)20-18(12)24)9-17(23)21-4-5-26-14(8-21)10-27-13-2-3-15-16(6-13)29-11-28-15/h2-3,6-7,14H,4-5,8-11H2,1H3,(H,20,24,25). The summed E-state index contributed by atoms with van der Waals surface area (Å²) in [6.45, 7) is 3.04. The Bertz CT molecular complexity index is 1030. The van der Waals surface area contributed by atoms with Crippen LogP contribution >= 0.6 is 0 Å². The number of aryl methyl sites for hydroxylation is 1. The van der Waals surface area contributed by atoms with Gasteiger partial charge in [0.1, 0.15) is 25.0 Å². The Kier molecular flexibility index (Phi) is 5.26. The molecule has 0 bridgehead atoms. The van der Waals surface area contributed by atoms with Gasteiger partial charge in [-0.25, -0.2) is 4.79 Å². The van der Waals surface area contributed by atoms with Gasteiger partial charge in [0.25, 0.3) is 5.56 Å². The fourth-order valence-corrected chi connectivity index (χ4v) is 3.18. The SMILES string of the molecule is Cc1cn(CC(=O)N2CCOC(COc3ccc4c(c3)OCO4)C2)c(=O)[nH]c1=O. The summed E-state index contributed by atoms with van der Waals surface area (Å²) in [5.74, 6) is 1.70. The second-order valence-corrected chi connectivity index (χ2v) is 6.86. The van der Waals surface area contributed by atoms with E-state index in [0.717, 1.165) is 0 Å². The van der Waals surface area contributed by atoms with Crippen LogP contribution in [0.1, 0.15) is 5.56 Å². The molecule has 10 heteroatoms. The molecule has 4 rings (SSSR count). The van der Waals surface area contributed by atoms with Gasteiger partial charge in [0.05, 0.1) is 13.2 Å². The maximum atomic E-state index is 12.6. The summed E-state index contributed by atoms with van der Waals surface area (Å²) in [5.41, 5.74) is -0.690. The van der Waals surface area contributed by atoms with Crippen LogP contribution in [-0.2, 0) is 16.1 Å². The third-order valence-electron chi connectivity index (χ3n) is 4.77. The van der Waals surface area contributed by atoms with Crippen molar-refractivity contribution in [2.45, 2.75) is 19.6 Å². The average molecular weight is 403 g/mol. The molecule has 154 valence electrons. The van der Waals surface area contributed by atoms with Crippen LogP contribution in [0.25, 0.3) is 0 Å². The van der Waals surface area contributed by atoms with E-state index in [1.165, 1.54) is 10.8 Å². The van der Waals surface area contributed by atoms with Crippen molar-refractivity contribution in [3.05, 3.63) is 50.8 Å². The number of aromatic nitrogens is 2. The molecule has 1 atom stereocenters. The molecule has 1 N–H and O–H groups in total. The van der Waals surface area contributed by atoms with Gasteiger partial charge in [0, 0.05) is 24.4 Å². The number of nitrogens with one attached hydrogen (secondary N) is 1. The molecule has 1 amide bonds. The molecule has 2 aromatic rings. The number of benzene rings is 1. The molecule has 1 saturated heterocycles. The van der Waals surface area contributed by atoms with E-state index in [9.17, 15) is 14.4 Å². The van der Waals surface area contributed by atoms with Gasteiger partial charge in [-0.05, 0) is 19.1 Å². The molecule has 2 aliphatic rings. The predicted molar refractivity (Wildman–Crippen MR) is 100 cm³/mol. The maximum Gasteiger partial charge on any atom is 0.328 e. The Morgan fingerprint density at radius 2 is 2.10 bits per heavy atom. The summed E-state index contributed by atoms with van der Waals surface area (Å²) in [7, 11) is 0. The number of nitrogens with zero attached hydrogens (tertiary/aromatic N) is 2. The molecule has 10 nitrogen and oxygen atoms in total. The van der Waals surface area contributed by atoms with Crippen molar-refractivity contribution >= 4 is 5.91 Å². The van der Waals surface area contributed by atoms with E-state index in [0.29, 0.717) is 42.5 Å². The van der Waals surface area contributed by atoms with E-state index in [1.807, 2.05) is 0 Å². The largest absolute Gasteiger partial charge is 0.491 e. The molecule has 0 spiro atoms. The summed E-state index contributed by atoms with van der Waals surface area (Å²) in [5, 5.41) is 0. The topological polar surface area (TPSA) is 112 Å². The number of rotatable bonds is 5. The number of hydrogen-bond donors (Lipinski definition) is 1. The van der Waals surface area contributed by atoms with Crippen LogP contribution in [0.4, 0.5) is 0 Å². The number of fused-ring (bicyclic) bond motifs is 1. The molecule has 1 aromatic carbocycles. The summed E-state index contributed by atoms with van der Waals surface area (Å²) >= 11 is 0. The van der Waals surface area contributed by atoms with E-state index in [1.54, 1.807) is 30.0 Å². The number of amides is 1. The van der Waals surface area contributed by atoms with Crippen LogP contribution < -0.4 is 25.5 Å². The molecular weight excluding hydrogens is 382 g/mol. The third-order valence-corrected chi connectivity index (χ3v) is 4.77. The van der Waals surface area contributed by atoms with E-state index in [4.69, 9.17) is 18.9 Å². The zero-order valence-corrected chi connectivity index (χ0v) is 15.9. The fraction of sp³-hybridized carbons (Fsp3) is 0.421. The third kappa shape index (κ3) is 4.27. The zero-order chi connectivity index (χ0) is 20.4. The van der Waals surface area contributed by atoms with Gasteiger partial charge in [-0.15, -0.1) is 0 Å². The minimum atomic E-state index is -0.607. The average Bonchev–Trinajstić information content (AvgIpc) is 3.18. The molecule has 3 heterocycles. The van der Waals surface area contributed by atoms with Gasteiger partial charge in [0.2, 0.25) is 12.7 Å². The number of H-pyrrole nitrogens is 1. The van der Waals surface area contributed by atoms with E-state index in [-0.39, 0.29) is 32.0 Å². The summed E-state index contributed by atoms with van der Waals surface area (Å²) in [6.07, 6.45) is 1.09. The fourth-order valence-electron chi connectivity index (χ4n) is 3.18. The lowest BCUT2D eigenvalue weighted by atomic mass is 10.2. The van der Waals surface area contributed by atoms with Crippen LogP contribution in [0.15, 0.2) is 34.0 Å². The van der Waals surface area contributed by atoms with Crippen molar-refractivity contribution in [2.24, 2.45) is 0 Å². The number of ether oxygens (including phenoxy) is 4. The minimum absolute atomic E-state index is 0.147. The Morgan fingerprint density at radius 3 is 2.97 bits per heavy atom. The van der Waals surface area contributed by atoms with Crippen molar-refractivity contribution < 1.29 is 23.7 Å². The number of morpholine rings is 1.